The monoisotopic (exact) mass is 325 g/mol. The fourth-order valence-electron chi connectivity index (χ4n) is 1.99. The SMILES string of the molecule is Cc1nc(C)c(C(C)n2ccc(=O)nc2SCC(=O)O)s1. The van der Waals surface area contributed by atoms with Crippen molar-refractivity contribution in [3.8, 4) is 0 Å². The lowest BCUT2D eigenvalue weighted by Gasteiger charge is -2.18. The molecule has 1 unspecified atom stereocenters. The van der Waals surface area contributed by atoms with Crippen LogP contribution in [-0.2, 0) is 4.79 Å². The summed E-state index contributed by atoms with van der Waals surface area (Å²) in [6.07, 6.45) is 1.65. The Balaban J connectivity index is 2.40. The molecule has 0 aliphatic heterocycles. The maximum Gasteiger partial charge on any atom is 0.313 e. The summed E-state index contributed by atoms with van der Waals surface area (Å²) in [5.41, 5.74) is 0.571. The summed E-state index contributed by atoms with van der Waals surface area (Å²) in [6, 6.07) is 1.32. The molecular formula is C13H15N3O3S2. The van der Waals surface area contributed by atoms with Crippen LogP contribution in [0.15, 0.2) is 22.2 Å². The number of thiazole rings is 1. The molecule has 0 aromatic carbocycles. The normalized spacial score (nSPS) is 12.3. The Morgan fingerprint density at radius 3 is 2.76 bits per heavy atom. The molecule has 0 saturated carbocycles. The number of thioether (sulfide) groups is 1. The van der Waals surface area contributed by atoms with Gasteiger partial charge in [-0.25, -0.2) is 4.98 Å². The van der Waals surface area contributed by atoms with Crippen molar-refractivity contribution in [3.63, 3.8) is 0 Å². The van der Waals surface area contributed by atoms with E-state index >= 15 is 0 Å². The maximum absolute atomic E-state index is 11.4. The number of aryl methyl sites for hydroxylation is 2. The zero-order chi connectivity index (χ0) is 15.6. The van der Waals surface area contributed by atoms with Crippen LogP contribution in [0, 0.1) is 13.8 Å². The molecule has 0 saturated heterocycles. The first-order valence-electron chi connectivity index (χ1n) is 6.26. The van der Waals surface area contributed by atoms with Gasteiger partial charge in [-0.1, -0.05) is 11.8 Å². The third-order valence-corrected chi connectivity index (χ3v) is 5.06. The van der Waals surface area contributed by atoms with E-state index in [-0.39, 0.29) is 17.4 Å². The number of carbonyl (C=O) groups is 1. The zero-order valence-electron chi connectivity index (χ0n) is 11.9. The summed E-state index contributed by atoms with van der Waals surface area (Å²) in [7, 11) is 0. The van der Waals surface area contributed by atoms with Crippen LogP contribution >= 0.6 is 23.1 Å². The van der Waals surface area contributed by atoms with E-state index in [4.69, 9.17) is 5.11 Å². The summed E-state index contributed by atoms with van der Waals surface area (Å²) < 4.78 is 1.81. The molecule has 0 spiro atoms. The molecular weight excluding hydrogens is 310 g/mol. The highest BCUT2D eigenvalue weighted by molar-refractivity contribution is 7.99. The van der Waals surface area contributed by atoms with Crippen molar-refractivity contribution >= 4 is 29.1 Å². The first-order valence-corrected chi connectivity index (χ1v) is 8.06. The number of rotatable bonds is 5. The lowest BCUT2D eigenvalue weighted by atomic mass is 10.2. The average Bonchev–Trinajstić information content (AvgIpc) is 2.74. The summed E-state index contributed by atoms with van der Waals surface area (Å²) >= 11 is 2.63. The predicted octanol–water partition coefficient (Wildman–Crippen LogP) is 2.10. The molecule has 2 rings (SSSR count). The molecule has 2 aromatic heterocycles. The van der Waals surface area contributed by atoms with Crippen molar-refractivity contribution in [3.05, 3.63) is 38.2 Å². The van der Waals surface area contributed by atoms with Gasteiger partial charge in [0, 0.05) is 12.3 Å². The Bertz CT molecular complexity index is 724. The summed E-state index contributed by atoms with van der Waals surface area (Å²) in [5.74, 6) is -1.08. The summed E-state index contributed by atoms with van der Waals surface area (Å²) in [6.45, 7) is 5.87. The van der Waals surface area contributed by atoms with E-state index in [0.29, 0.717) is 5.16 Å². The van der Waals surface area contributed by atoms with Crippen LogP contribution in [0.2, 0.25) is 0 Å². The topological polar surface area (TPSA) is 85.1 Å². The van der Waals surface area contributed by atoms with Gasteiger partial charge in [0.2, 0.25) is 0 Å². The standard InChI is InChI=1S/C13H15N3O3S2/c1-7-12(21-9(3)14-7)8(2)16-5-4-10(17)15-13(16)20-6-11(18)19/h4-5,8H,6H2,1-3H3,(H,18,19). The van der Waals surface area contributed by atoms with E-state index in [0.717, 1.165) is 27.3 Å². The van der Waals surface area contributed by atoms with Gasteiger partial charge >= 0.3 is 5.97 Å². The Hall–Kier alpha value is -1.67. The predicted molar refractivity (Wildman–Crippen MR) is 82.3 cm³/mol. The number of hydrogen-bond donors (Lipinski definition) is 1. The molecule has 0 fully saturated rings. The van der Waals surface area contributed by atoms with Gasteiger partial charge in [0.05, 0.1) is 27.4 Å². The second-order valence-electron chi connectivity index (χ2n) is 4.50. The van der Waals surface area contributed by atoms with Crippen molar-refractivity contribution in [1.82, 2.24) is 14.5 Å². The smallest absolute Gasteiger partial charge is 0.313 e. The van der Waals surface area contributed by atoms with Crippen molar-refractivity contribution < 1.29 is 9.90 Å². The van der Waals surface area contributed by atoms with E-state index in [1.165, 1.54) is 6.07 Å². The fraction of sp³-hybridized carbons (Fsp3) is 0.385. The third-order valence-electron chi connectivity index (χ3n) is 2.87. The second-order valence-corrected chi connectivity index (χ2v) is 6.67. The Morgan fingerprint density at radius 1 is 1.48 bits per heavy atom. The number of carboxylic acids is 1. The van der Waals surface area contributed by atoms with Gasteiger partial charge in [0.1, 0.15) is 0 Å². The minimum atomic E-state index is -0.942. The minimum Gasteiger partial charge on any atom is -0.481 e. The first kappa shape index (κ1) is 15.7. The van der Waals surface area contributed by atoms with Gasteiger partial charge < -0.3 is 9.67 Å². The molecule has 2 heterocycles. The largest absolute Gasteiger partial charge is 0.481 e. The zero-order valence-corrected chi connectivity index (χ0v) is 13.5. The second kappa shape index (κ2) is 6.40. The van der Waals surface area contributed by atoms with E-state index < -0.39 is 5.97 Å². The van der Waals surface area contributed by atoms with Crippen LogP contribution in [-0.4, -0.2) is 31.4 Å². The molecule has 21 heavy (non-hydrogen) atoms. The van der Waals surface area contributed by atoms with Crippen molar-refractivity contribution in [2.75, 3.05) is 5.75 Å². The Labute approximate surface area is 129 Å². The molecule has 112 valence electrons. The number of nitrogens with zero attached hydrogens (tertiary/aromatic N) is 3. The van der Waals surface area contributed by atoms with Crippen LogP contribution in [0.25, 0.3) is 0 Å². The summed E-state index contributed by atoms with van der Waals surface area (Å²) in [4.78, 5) is 31.5. The lowest BCUT2D eigenvalue weighted by molar-refractivity contribution is -0.133. The molecule has 0 aliphatic rings. The van der Waals surface area contributed by atoms with E-state index in [9.17, 15) is 9.59 Å². The van der Waals surface area contributed by atoms with Gasteiger partial charge in [-0.05, 0) is 20.8 Å². The summed E-state index contributed by atoms with van der Waals surface area (Å²) in [5, 5.41) is 10.2. The van der Waals surface area contributed by atoms with Gasteiger partial charge in [-0.3, -0.25) is 9.59 Å². The van der Waals surface area contributed by atoms with Gasteiger partial charge in [0.15, 0.2) is 5.16 Å². The van der Waals surface area contributed by atoms with Crippen LogP contribution in [0.5, 0.6) is 0 Å². The number of hydrogen-bond acceptors (Lipinski definition) is 6. The highest BCUT2D eigenvalue weighted by atomic mass is 32.2. The minimum absolute atomic E-state index is 0.0550. The highest BCUT2D eigenvalue weighted by Crippen LogP contribution is 2.29. The van der Waals surface area contributed by atoms with Crippen LogP contribution in [0.4, 0.5) is 0 Å². The third kappa shape index (κ3) is 3.70. The van der Waals surface area contributed by atoms with Crippen LogP contribution < -0.4 is 5.56 Å². The molecule has 0 aliphatic carbocycles. The molecule has 0 amide bonds. The first-order chi connectivity index (χ1) is 9.88. The number of carboxylic acid groups (broad SMARTS) is 1. The average molecular weight is 325 g/mol. The Morgan fingerprint density at radius 2 is 2.19 bits per heavy atom. The number of aliphatic carboxylic acids is 1. The lowest BCUT2D eigenvalue weighted by Crippen LogP contribution is -2.17. The van der Waals surface area contributed by atoms with Gasteiger partial charge in [0.25, 0.3) is 5.56 Å². The van der Waals surface area contributed by atoms with E-state index in [1.54, 1.807) is 17.5 Å². The Kier molecular flexibility index (Phi) is 4.79. The fourth-order valence-corrected chi connectivity index (χ4v) is 3.74. The van der Waals surface area contributed by atoms with Gasteiger partial charge in [-0.2, -0.15) is 4.98 Å². The van der Waals surface area contributed by atoms with Crippen LogP contribution in [0.1, 0.15) is 28.5 Å². The quantitative estimate of drug-likeness (QED) is 0.669. The van der Waals surface area contributed by atoms with Crippen molar-refractivity contribution in [2.24, 2.45) is 0 Å². The molecule has 8 heteroatoms. The molecule has 6 nitrogen and oxygen atoms in total. The molecule has 2 aromatic rings. The molecule has 0 radical (unpaired) electrons. The maximum atomic E-state index is 11.4. The highest BCUT2D eigenvalue weighted by Gasteiger charge is 2.18. The van der Waals surface area contributed by atoms with Crippen molar-refractivity contribution in [2.45, 2.75) is 32.0 Å². The van der Waals surface area contributed by atoms with E-state index in [2.05, 4.69) is 9.97 Å². The molecule has 1 N–H and O–H groups in total. The van der Waals surface area contributed by atoms with Crippen molar-refractivity contribution in [1.29, 1.82) is 0 Å². The molecule has 0 bridgehead atoms. The van der Waals surface area contributed by atoms with Crippen LogP contribution in [0.3, 0.4) is 0 Å². The molecule has 1 atom stereocenters. The number of aromatic nitrogens is 3. The van der Waals surface area contributed by atoms with Gasteiger partial charge in [-0.15, -0.1) is 11.3 Å². The van der Waals surface area contributed by atoms with E-state index in [1.807, 2.05) is 25.3 Å².